The molecule has 2 heteroatoms. The van der Waals surface area contributed by atoms with Gasteiger partial charge >= 0.3 is 0 Å². The molecule has 0 saturated heterocycles. The Hall–Kier alpha value is -2.32. The highest BCUT2D eigenvalue weighted by atomic mass is 14.3. The van der Waals surface area contributed by atoms with Crippen LogP contribution in [0.4, 0.5) is 0 Å². The molecule has 0 atom stereocenters. The lowest BCUT2D eigenvalue weighted by atomic mass is 10.0. The standard InChI is InChI=1S/C15H12N2/c1-11-14(12-5-3-2-4-6-12)7-8-15(11)13(9-16)10-17/h2-6H,7-8H2,1H3. The van der Waals surface area contributed by atoms with Crippen molar-refractivity contribution in [1.29, 1.82) is 10.5 Å². The second kappa shape index (κ2) is 4.68. The van der Waals surface area contributed by atoms with Crippen LogP contribution in [0.3, 0.4) is 0 Å². The quantitative estimate of drug-likeness (QED) is 0.679. The maximum atomic E-state index is 8.91. The molecule has 0 saturated carbocycles. The molecule has 1 aromatic rings. The van der Waals surface area contributed by atoms with Crippen molar-refractivity contribution in [3.05, 3.63) is 52.6 Å². The third-order valence-corrected chi connectivity index (χ3v) is 3.18. The molecule has 0 aromatic heterocycles. The third kappa shape index (κ3) is 1.98. The maximum absolute atomic E-state index is 8.91. The Morgan fingerprint density at radius 2 is 1.71 bits per heavy atom. The molecular weight excluding hydrogens is 208 g/mol. The lowest BCUT2D eigenvalue weighted by molar-refractivity contribution is 1.06. The van der Waals surface area contributed by atoms with Crippen molar-refractivity contribution in [3.63, 3.8) is 0 Å². The molecule has 0 aliphatic heterocycles. The largest absolute Gasteiger partial charge is 0.192 e. The van der Waals surface area contributed by atoms with Crippen LogP contribution in [-0.4, -0.2) is 0 Å². The fourth-order valence-electron chi connectivity index (χ4n) is 2.28. The Morgan fingerprint density at radius 1 is 1.06 bits per heavy atom. The summed E-state index contributed by atoms with van der Waals surface area (Å²) in [5, 5.41) is 17.8. The summed E-state index contributed by atoms with van der Waals surface area (Å²) in [6, 6.07) is 14.1. The van der Waals surface area contributed by atoms with E-state index in [1.165, 1.54) is 11.1 Å². The third-order valence-electron chi connectivity index (χ3n) is 3.18. The zero-order chi connectivity index (χ0) is 12.3. The Labute approximate surface area is 101 Å². The van der Waals surface area contributed by atoms with E-state index in [1.807, 2.05) is 37.3 Å². The number of benzene rings is 1. The first-order valence-corrected chi connectivity index (χ1v) is 5.57. The van der Waals surface area contributed by atoms with Gasteiger partial charge in [-0.3, -0.25) is 0 Å². The van der Waals surface area contributed by atoms with Crippen LogP contribution in [0.25, 0.3) is 5.57 Å². The molecule has 0 N–H and O–H groups in total. The number of hydrogen-bond acceptors (Lipinski definition) is 2. The summed E-state index contributed by atoms with van der Waals surface area (Å²) in [5.74, 6) is 0. The molecule has 82 valence electrons. The molecule has 0 unspecified atom stereocenters. The molecule has 0 spiro atoms. The lowest BCUT2D eigenvalue weighted by Crippen LogP contribution is -1.86. The predicted molar refractivity (Wildman–Crippen MR) is 66.5 cm³/mol. The van der Waals surface area contributed by atoms with Gasteiger partial charge in [-0.2, -0.15) is 10.5 Å². The fourth-order valence-corrected chi connectivity index (χ4v) is 2.28. The Kier molecular flexibility index (Phi) is 3.08. The van der Waals surface area contributed by atoms with Gasteiger partial charge in [0.15, 0.2) is 0 Å². The van der Waals surface area contributed by atoms with E-state index >= 15 is 0 Å². The van der Waals surface area contributed by atoms with Crippen LogP contribution in [-0.2, 0) is 0 Å². The second-order valence-corrected chi connectivity index (χ2v) is 4.05. The molecule has 0 bridgehead atoms. The first-order chi connectivity index (χ1) is 8.27. The topological polar surface area (TPSA) is 47.6 Å². The first kappa shape index (κ1) is 11.2. The van der Waals surface area contributed by atoms with Gasteiger partial charge < -0.3 is 0 Å². The summed E-state index contributed by atoms with van der Waals surface area (Å²) in [7, 11) is 0. The number of hydrogen-bond donors (Lipinski definition) is 0. The fraction of sp³-hybridized carbons (Fsp3) is 0.200. The summed E-state index contributed by atoms with van der Waals surface area (Å²) in [4.78, 5) is 0. The van der Waals surface area contributed by atoms with Gasteiger partial charge in [-0.25, -0.2) is 0 Å². The maximum Gasteiger partial charge on any atom is 0.133 e. The van der Waals surface area contributed by atoms with Gasteiger partial charge in [0.2, 0.25) is 0 Å². The molecule has 0 fully saturated rings. The van der Waals surface area contributed by atoms with E-state index in [2.05, 4.69) is 12.1 Å². The van der Waals surface area contributed by atoms with Gasteiger partial charge in [-0.05, 0) is 42.0 Å². The van der Waals surface area contributed by atoms with Crippen molar-refractivity contribution >= 4 is 5.57 Å². The summed E-state index contributed by atoms with van der Waals surface area (Å²) in [6.45, 7) is 2.00. The van der Waals surface area contributed by atoms with Crippen LogP contribution >= 0.6 is 0 Å². The molecule has 0 heterocycles. The summed E-state index contributed by atoms with van der Waals surface area (Å²) in [6.07, 6.45) is 1.71. The van der Waals surface area contributed by atoms with Gasteiger partial charge in [0.25, 0.3) is 0 Å². The van der Waals surface area contributed by atoms with Crippen molar-refractivity contribution < 1.29 is 0 Å². The normalized spacial score (nSPS) is 14.4. The summed E-state index contributed by atoms with van der Waals surface area (Å²) in [5.41, 5.74) is 4.70. The van der Waals surface area contributed by atoms with Gasteiger partial charge in [0.05, 0.1) is 0 Å². The van der Waals surface area contributed by atoms with Crippen molar-refractivity contribution in [3.8, 4) is 12.1 Å². The zero-order valence-corrected chi connectivity index (χ0v) is 9.70. The molecule has 1 aliphatic carbocycles. The number of allylic oxidation sites excluding steroid dienone is 4. The Bertz CT molecular complexity index is 562. The van der Waals surface area contributed by atoms with Crippen LogP contribution in [0, 0.1) is 22.7 Å². The predicted octanol–water partition coefficient (Wildman–Crippen LogP) is 3.60. The van der Waals surface area contributed by atoms with Crippen molar-refractivity contribution in [2.75, 3.05) is 0 Å². The minimum Gasteiger partial charge on any atom is -0.192 e. The second-order valence-electron chi connectivity index (χ2n) is 4.05. The average molecular weight is 220 g/mol. The number of nitriles is 2. The van der Waals surface area contributed by atoms with Crippen LogP contribution < -0.4 is 0 Å². The van der Waals surface area contributed by atoms with Crippen molar-refractivity contribution in [1.82, 2.24) is 0 Å². The van der Waals surface area contributed by atoms with Crippen molar-refractivity contribution in [2.45, 2.75) is 19.8 Å². The molecule has 17 heavy (non-hydrogen) atoms. The van der Waals surface area contributed by atoms with Crippen LogP contribution in [0.5, 0.6) is 0 Å². The average Bonchev–Trinajstić information content (AvgIpc) is 2.75. The molecule has 1 aliphatic rings. The molecule has 2 rings (SSSR count). The summed E-state index contributed by atoms with van der Waals surface area (Å²) < 4.78 is 0. The van der Waals surface area contributed by atoms with E-state index < -0.39 is 0 Å². The number of nitrogens with zero attached hydrogens (tertiary/aromatic N) is 2. The Morgan fingerprint density at radius 3 is 2.29 bits per heavy atom. The minimum absolute atomic E-state index is 0.258. The monoisotopic (exact) mass is 220 g/mol. The first-order valence-electron chi connectivity index (χ1n) is 5.57. The molecule has 0 amide bonds. The molecule has 2 nitrogen and oxygen atoms in total. The van der Waals surface area contributed by atoms with Crippen LogP contribution in [0.1, 0.15) is 25.3 Å². The smallest absolute Gasteiger partial charge is 0.133 e. The van der Waals surface area contributed by atoms with E-state index in [1.54, 1.807) is 0 Å². The van der Waals surface area contributed by atoms with Gasteiger partial charge in [0, 0.05) is 0 Å². The minimum atomic E-state index is 0.258. The van der Waals surface area contributed by atoms with E-state index in [9.17, 15) is 0 Å². The van der Waals surface area contributed by atoms with E-state index in [-0.39, 0.29) is 5.57 Å². The van der Waals surface area contributed by atoms with Gasteiger partial charge in [-0.1, -0.05) is 30.3 Å². The van der Waals surface area contributed by atoms with Crippen molar-refractivity contribution in [2.24, 2.45) is 0 Å². The van der Waals surface area contributed by atoms with Crippen LogP contribution in [0.15, 0.2) is 47.1 Å². The molecule has 1 aromatic carbocycles. The van der Waals surface area contributed by atoms with E-state index in [0.717, 1.165) is 24.0 Å². The highest BCUT2D eigenvalue weighted by molar-refractivity contribution is 5.77. The highest BCUT2D eigenvalue weighted by Gasteiger charge is 2.20. The Balaban J connectivity index is 2.51. The van der Waals surface area contributed by atoms with E-state index in [4.69, 9.17) is 10.5 Å². The SMILES string of the molecule is CC1=C(c2ccccc2)CCC1=C(C#N)C#N. The summed E-state index contributed by atoms with van der Waals surface area (Å²) >= 11 is 0. The zero-order valence-electron chi connectivity index (χ0n) is 9.70. The lowest BCUT2D eigenvalue weighted by Gasteiger charge is -2.03. The molecule has 0 radical (unpaired) electrons. The number of rotatable bonds is 1. The van der Waals surface area contributed by atoms with Crippen LogP contribution in [0.2, 0.25) is 0 Å². The highest BCUT2D eigenvalue weighted by Crippen LogP contribution is 2.38. The van der Waals surface area contributed by atoms with Gasteiger partial charge in [-0.15, -0.1) is 0 Å². The van der Waals surface area contributed by atoms with E-state index in [0.29, 0.717) is 0 Å². The molecular formula is C15H12N2. The van der Waals surface area contributed by atoms with Gasteiger partial charge in [0.1, 0.15) is 17.7 Å².